The molecule has 0 saturated carbocycles. The van der Waals surface area contributed by atoms with Crippen LogP contribution in [0.5, 0.6) is 0 Å². The van der Waals surface area contributed by atoms with E-state index in [4.69, 9.17) is 5.73 Å². The molecule has 1 aliphatic rings. The quantitative estimate of drug-likeness (QED) is 0.808. The van der Waals surface area contributed by atoms with Crippen molar-refractivity contribution in [2.24, 2.45) is 5.73 Å². The Bertz CT molecular complexity index is 404. The second-order valence-electron chi connectivity index (χ2n) is 4.64. The summed E-state index contributed by atoms with van der Waals surface area (Å²) in [6, 6.07) is 6.01. The third kappa shape index (κ3) is 2.64. The molecule has 1 heterocycles. The van der Waals surface area contributed by atoms with Gasteiger partial charge in [0.25, 0.3) is 5.91 Å². The highest BCUT2D eigenvalue weighted by Gasteiger charge is 2.27. The molecule has 0 radical (unpaired) electrons. The van der Waals surface area contributed by atoms with Gasteiger partial charge >= 0.3 is 0 Å². The van der Waals surface area contributed by atoms with E-state index in [1.165, 1.54) is 24.3 Å². The average Bonchev–Trinajstić information content (AvgIpc) is 2.29. The van der Waals surface area contributed by atoms with E-state index < -0.39 is 0 Å². The lowest BCUT2D eigenvalue weighted by molar-refractivity contribution is 0.0619. The molecule has 1 aromatic rings. The Balaban J connectivity index is 2.12. The van der Waals surface area contributed by atoms with Crippen LogP contribution in [-0.4, -0.2) is 29.4 Å². The average molecular weight is 236 g/mol. The number of piperidine rings is 1. The van der Waals surface area contributed by atoms with Crippen molar-refractivity contribution in [3.8, 4) is 0 Å². The maximum atomic E-state index is 12.8. The fraction of sp³-hybridized carbons (Fsp3) is 0.462. The highest BCUT2D eigenvalue weighted by atomic mass is 19.1. The zero-order valence-electron chi connectivity index (χ0n) is 9.90. The van der Waals surface area contributed by atoms with Crippen LogP contribution in [0.3, 0.4) is 0 Å². The van der Waals surface area contributed by atoms with Gasteiger partial charge in [-0.3, -0.25) is 4.79 Å². The van der Waals surface area contributed by atoms with E-state index in [1.54, 1.807) is 0 Å². The lowest BCUT2D eigenvalue weighted by atomic mass is 9.98. The normalized spacial score (nSPS) is 24.8. The first kappa shape index (κ1) is 12.0. The standard InChI is InChI=1S/C13H17FN2O/c1-9-8-12(15)6-7-16(9)13(17)10-2-4-11(14)5-3-10/h2-5,9,12H,6-8,15H2,1H3. The molecule has 4 heteroatoms. The summed E-state index contributed by atoms with van der Waals surface area (Å²) in [5, 5.41) is 0. The van der Waals surface area contributed by atoms with Crippen molar-refractivity contribution in [2.75, 3.05) is 6.54 Å². The highest BCUT2D eigenvalue weighted by molar-refractivity contribution is 5.94. The van der Waals surface area contributed by atoms with Crippen molar-refractivity contribution >= 4 is 5.91 Å². The number of carbonyl (C=O) groups excluding carboxylic acids is 1. The van der Waals surface area contributed by atoms with E-state index >= 15 is 0 Å². The molecule has 92 valence electrons. The predicted molar refractivity (Wildman–Crippen MR) is 64.1 cm³/mol. The monoisotopic (exact) mass is 236 g/mol. The number of carbonyl (C=O) groups is 1. The van der Waals surface area contributed by atoms with Crippen molar-refractivity contribution < 1.29 is 9.18 Å². The molecule has 0 bridgehead atoms. The molecule has 1 fully saturated rings. The molecule has 3 nitrogen and oxygen atoms in total. The Labute approximate surface area is 100 Å². The summed E-state index contributed by atoms with van der Waals surface area (Å²) in [7, 11) is 0. The van der Waals surface area contributed by atoms with Crippen LogP contribution in [0.4, 0.5) is 4.39 Å². The van der Waals surface area contributed by atoms with Gasteiger partial charge in [0.05, 0.1) is 0 Å². The third-order valence-electron chi connectivity index (χ3n) is 3.27. The highest BCUT2D eigenvalue weighted by Crippen LogP contribution is 2.18. The number of rotatable bonds is 1. The van der Waals surface area contributed by atoms with Crippen LogP contribution in [0.25, 0.3) is 0 Å². The molecule has 0 aromatic heterocycles. The summed E-state index contributed by atoms with van der Waals surface area (Å²) in [5.41, 5.74) is 6.39. The maximum Gasteiger partial charge on any atom is 0.254 e. The minimum Gasteiger partial charge on any atom is -0.336 e. The van der Waals surface area contributed by atoms with Gasteiger partial charge in [-0.1, -0.05) is 0 Å². The number of hydrogen-bond acceptors (Lipinski definition) is 2. The first-order valence-corrected chi connectivity index (χ1v) is 5.90. The molecule has 2 rings (SSSR count). The lowest BCUT2D eigenvalue weighted by Gasteiger charge is -2.36. The number of halogens is 1. The van der Waals surface area contributed by atoms with Crippen LogP contribution in [0.1, 0.15) is 30.1 Å². The Morgan fingerprint density at radius 3 is 2.65 bits per heavy atom. The molecule has 17 heavy (non-hydrogen) atoms. The molecule has 1 saturated heterocycles. The number of amides is 1. The van der Waals surface area contributed by atoms with E-state index in [1.807, 2.05) is 11.8 Å². The van der Waals surface area contributed by atoms with Gasteiger partial charge in [0.15, 0.2) is 0 Å². The molecule has 0 spiro atoms. The number of likely N-dealkylation sites (tertiary alicyclic amines) is 1. The predicted octanol–water partition coefficient (Wildman–Crippen LogP) is 1.78. The third-order valence-corrected chi connectivity index (χ3v) is 3.27. The number of benzene rings is 1. The van der Waals surface area contributed by atoms with Gasteiger partial charge in [0, 0.05) is 24.2 Å². The van der Waals surface area contributed by atoms with Gasteiger partial charge in [0.2, 0.25) is 0 Å². The van der Waals surface area contributed by atoms with Gasteiger partial charge in [0.1, 0.15) is 5.82 Å². The second kappa shape index (κ2) is 4.84. The van der Waals surface area contributed by atoms with Crippen LogP contribution in [-0.2, 0) is 0 Å². The largest absolute Gasteiger partial charge is 0.336 e. The smallest absolute Gasteiger partial charge is 0.254 e. The van der Waals surface area contributed by atoms with Crippen molar-refractivity contribution in [3.05, 3.63) is 35.6 Å². The van der Waals surface area contributed by atoms with Crippen LogP contribution in [0.2, 0.25) is 0 Å². The van der Waals surface area contributed by atoms with E-state index in [0.29, 0.717) is 12.1 Å². The Morgan fingerprint density at radius 1 is 1.41 bits per heavy atom. The fourth-order valence-electron chi connectivity index (χ4n) is 2.27. The van der Waals surface area contributed by atoms with E-state index in [0.717, 1.165) is 12.8 Å². The molecular weight excluding hydrogens is 219 g/mol. The van der Waals surface area contributed by atoms with Crippen molar-refractivity contribution in [1.82, 2.24) is 4.90 Å². The van der Waals surface area contributed by atoms with E-state index in [2.05, 4.69) is 0 Å². The van der Waals surface area contributed by atoms with E-state index in [-0.39, 0.29) is 23.8 Å². The zero-order chi connectivity index (χ0) is 12.4. The minimum absolute atomic E-state index is 0.0376. The minimum atomic E-state index is -0.324. The molecule has 2 N–H and O–H groups in total. The number of nitrogens with zero attached hydrogens (tertiary/aromatic N) is 1. The molecular formula is C13H17FN2O. The fourth-order valence-corrected chi connectivity index (χ4v) is 2.27. The van der Waals surface area contributed by atoms with Gasteiger partial charge in [-0.05, 0) is 44.0 Å². The zero-order valence-corrected chi connectivity index (χ0v) is 9.90. The van der Waals surface area contributed by atoms with E-state index in [9.17, 15) is 9.18 Å². The van der Waals surface area contributed by atoms with Crippen molar-refractivity contribution in [1.29, 1.82) is 0 Å². The molecule has 2 atom stereocenters. The van der Waals surface area contributed by atoms with Crippen LogP contribution < -0.4 is 5.73 Å². The topological polar surface area (TPSA) is 46.3 Å². The molecule has 0 aliphatic carbocycles. The summed E-state index contributed by atoms with van der Waals surface area (Å²) in [4.78, 5) is 14.0. The molecule has 1 aromatic carbocycles. The van der Waals surface area contributed by atoms with Gasteiger partial charge in [-0.25, -0.2) is 4.39 Å². The van der Waals surface area contributed by atoms with Crippen molar-refractivity contribution in [2.45, 2.75) is 31.8 Å². The summed E-state index contributed by atoms with van der Waals surface area (Å²) < 4.78 is 12.8. The van der Waals surface area contributed by atoms with Gasteiger partial charge in [-0.15, -0.1) is 0 Å². The molecule has 2 unspecified atom stereocenters. The van der Waals surface area contributed by atoms with Gasteiger partial charge in [-0.2, -0.15) is 0 Å². The summed E-state index contributed by atoms with van der Waals surface area (Å²) >= 11 is 0. The molecule has 1 aliphatic heterocycles. The SMILES string of the molecule is CC1CC(N)CCN1C(=O)c1ccc(F)cc1. The first-order chi connectivity index (χ1) is 8.08. The summed E-state index contributed by atoms with van der Waals surface area (Å²) in [6.07, 6.45) is 1.66. The van der Waals surface area contributed by atoms with Crippen LogP contribution in [0, 0.1) is 5.82 Å². The Kier molecular flexibility index (Phi) is 3.43. The summed E-state index contributed by atoms with van der Waals surface area (Å²) in [5.74, 6) is -0.361. The number of hydrogen-bond donors (Lipinski definition) is 1. The van der Waals surface area contributed by atoms with Crippen molar-refractivity contribution in [3.63, 3.8) is 0 Å². The van der Waals surface area contributed by atoms with Crippen LogP contribution >= 0.6 is 0 Å². The van der Waals surface area contributed by atoms with Crippen LogP contribution in [0.15, 0.2) is 24.3 Å². The number of nitrogens with two attached hydrogens (primary N) is 1. The lowest BCUT2D eigenvalue weighted by Crippen LogP contribution is -2.48. The molecule has 1 amide bonds. The Morgan fingerprint density at radius 2 is 2.06 bits per heavy atom. The second-order valence-corrected chi connectivity index (χ2v) is 4.64. The maximum absolute atomic E-state index is 12.8. The van der Waals surface area contributed by atoms with Gasteiger partial charge < -0.3 is 10.6 Å². The Hall–Kier alpha value is -1.42. The summed E-state index contributed by atoms with van der Waals surface area (Å²) in [6.45, 7) is 2.68. The first-order valence-electron chi connectivity index (χ1n) is 5.90.